The Morgan fingerprint density at radius 2 is 2.17 bits per heavy atom. The molecule has 2 N–H and O–H groups in total. The Bertz CT molecular complexity index is 92.7. The highest BCUT2D eigenvalue weighted by molar-refractivity contribution is 8.01. The summed E-state index contributed by atoms with van der Waals surface area (Å²) in [5.74, 6) is 3.12. The quantitative estimate of drug-likeness (QED) is 0.459. The van der Waals surface area contributed by atoms with Gasteiger partial charge in [-0.15, -0.1) is 0 Å². The molecule has 0 aromatic heterocycles. The van der Waals surface area contributed by atoms with E-state index in [-0.39, 0.29) is 13.2 Å². The predicted octanol–water partition coefficient (Wildman–Crippen LogP) is 0.757. The van der Waals surface area contributed by atoms with Crippen LogP contribution in [0.3, 0.4) is 0 Å². The van der Waals surface area contributed by atoms with Crippen LogP contribution in [0.4, 0.5) is 0 Å². The van der Waals surface area contributed by atoms with Gasteiger partial charge in [0.05, 0.1) is 13.2 Å². The molecular weight excluding hydrogens is 196 g/mol. The molecule has 1 unspecified atom stereocenters. The molecule has 0 aliphatic heterocycles. The van der Waals surface area contributed by atoms with Crippen LogP contribution in [0.2, 0.25) is 0 Å². The van der Waals surface area contributed by atoms with Crippen LogP contribution in [0.25, 0.3) is 0 Å². The smallest absolute Gasteiger partial charge is 0.102 e. The molecule has 0 amide bonds. The van der Waals surface area contributed by atoms with E-state index < -0.39 is 6.10 Å². The van der Waals surface area contributed by atoms with E-state index in [0.717, 1.165) is 17.3 Å². The van der Waals surface area contributed by atoms with Crippen LogP contribution in [0, 0.1) is 0 Å². The zero-order valence-electron chi connectivity index (χ0n) is 7.23. The predicted molar refractivity (Wildman–Crippen MR) is 54.5 cm³/mol. The molecule has 0 heterocycles. The molecule has 0 rings (SSSR count). The van der Waals surface area contributed by atoms with E-state index in [1.807, 2.05) is 11.8 Å². The fourth-order valence-electron chi connectivity index (χ4n) is 0.476. The number of hydrogen-bond donors (Lipinski definition) is 2. The number of aliphatic hydroxyl groups is 2. The van der Waals surface area contributed by atoms with E-state index in [2.05, 4.69) is 6.92 Å². The van der Waals surface area contributed by atoms with Crippen LogP contribution in [-0.4, -0.2) is 46.8 Å². The molecule has 74 valence electrons. The molecule has 5 heteroatoms. The van der Waals surface area contributed by atoms with E-state index in [1.54, 1.807) is 0 Å². The van der Waals surface area contributed by atoms with Crippen molar-refractivity contribution >= 4 is 23.8 Å². The first kappa shape index (κ1) is 12.6. The van der Waals surface area contributed by atoms with Gasteiger partial charge in [0.25, 0.3) is 0 Å². The van der Waals surface area contributed by atoms with Crippen molar-refractivity contribution in [1.29, 1.82) is 0 Å². The van der Waals surface area contributed by atoms with Gasteiger partial charge in [-0.05, 0) is 17.8 Å². The van der Waals surface area contributed by atoms with Gasteiger partial charge in [0.15, 0.2) is 0 Å². The zero-order valence-corrected chi connectivity index (χ0v) is 8.87. The van der Waals surface area contributed by atoms with Gasteiger partial charge in [-0.3, -0.25) is 0 Å². The second kappa shape index (κ2) is 9.67. The first-order chi connectivity index (χ1) is 5.81. The van der Waals surface area contributed by atoms with E-state index in [4.69, 9.17) is 14.4 Å². The van der Waals surface area contributed by atoms with Gasteiger partial charge in [0, 0.05) is 11.5 Å². The van der Waals surface area contributed by atoms with Gasteiger partial charge in [-0.2, -0.15) is 11.8 Å². The van der Waals surface area contributed by atoms with Crippen molar-refractivity contribution in [2.75, 3.05) is 30.5 Å². The normalized spacial score (nSPS) is 13.2. The van der Waals surface area contributed by atoms with Gasteiger partial charge in [-0.1, -0.05) is 6.92 Å². The maximum Gasteiger partial charge on any atom is 0.102 e. The lowest BCUT2D eigenvalue weighted by Gasteiger charge is -2.06. The Morgan fingerprint density at radius 1 is 1.42 bits per heavy atom. The first-order valence-electron chi connectivity index (χ1n) is 3.92. The lowest BCUT2D eigenvalue weighted by Crippen LogP contribution is -2.17. The Balaban J connectivity index is 2.90. The van der Waals surface area contributed by atoms with E-state index in [0.29, 0.717) is 0 Å². The molecule has 0 saturated carbocycles. The van der Waals surface area contributed by atoms with Gasteiger partial charge in [0.2, 0.25) is 0 Å². The Labute approximate surface area is 82.1 Å². The molecule has 0 aromatic rings. The summed E-state index contributed by atoms with van der Waals surface area (Å²) >= 11 is 3.20. The average Bonchev–Trinajstić information content (AvgIpc) is 2.10. The van der Waals surface area contributed by atoms with Crippen LogP contribution in [0.5, 0.6) is 0 Å². The first-order valence-corrected chi connectivity index (χ1v) is 5.98. The van der Waals surface area contributed by atoms with Crippen LogP contribution < -0.4 is 0 Å². The van der Waals surface area contributed by atoms with Gasteiger partial charge in [-0.25, -0.2) is 0 Å². The third kappa shape index (κ3) is 8.67. The number of thioether (sulfide) groups is 1. The second-order valence-electron chi connectivity index (χ2n) is 2.14. The minimum Gasteiger partial charge on any atom is -0.394 e. The third-order valence-electron chi connectivity index (χ3n) is 1.07. The Hall–Kier alpha value is 0.580. The molecule has 3 nitrogen and oxygen atoms in total. The van der Waals surface area contributed by atoms with E-state index in [9.17, 15) is 0 Å². The second-order valence-corrected chi connectivity index (χ2v) is 4.41. The molecule has 0 bridgehead atoms. The fourth-order valence-corrected chi connectivity index (χ4v) is 1.88. The molecule has 0 aliphatic rings. The summed E-state index contributed by atoms with van der Waals surface area (Å²) in [6.45, 7) is 2.09. The molecule has 0 fully saturated rings. The van der Waals surface area contributed by atoms with Crippen LogP contribution >= 0.6 is 23.8 Å². The molecule has 1 atom stereocenters. The van der Waals surface area contributed by atoms with Crippen LogP contribution in [0.15, 0.2) is 0 Å². The summed E-state index contributed by atoms with van der Waals surface area (Å²) in [5.41, 5.74) is 0. The average molecular weight is 212 g/mol. The van der Waals surface area contributed by atoms with Crippen molar-refractivity contribution in [3.05, 3.63) is 0 Å². The Morgan fingerprint density at radius 3 is 2.75 bits per heavy atom. The zero-order chi connectivity index (χ0) is 9.23. The molecule has 0 spiro atoms. The molecular formula is C7H16O3S2. The monoisotopic (exact) mass is 212 g/mol. The summed E-state index contributed by atoms with van der Waals surface area (Å²) in [5, 5.41) is 17.3. The highest BCUT2D eigenvalue weighted by atomic mass is 32.2. The van der Waals surface area contributed by atoms with E-state index in [1.165, 1.54) is 12.0 Å². The fraction of sp³-hybridized carbons (Fsp3) is 1.00. The lowest BCUT2D eigenvalue weighted by molar-refractivity contribution is 0.0603. The molecule has 0 aliphatic carbocycles. The van der Waals surface area contributed by atoms with Gasteiger partial charge < -0.3 is 14.4 Å². The Kier molecular flexibility index (Phi) is 10.1. The van der Waals surface area contributed by atoms with Crippen LogP contribution in [-0.2, 0) is 4.18 Å². The highest BCUT2D eigenvalue weighted by Crippen LogP contribution is 2.07. The minimum absolute atomic E-state index is 0.206. The number of rotatable bonds is 8. The maximum atomic E-state index is 8.87. The summed E-state index contributed by atoms with van der Waals surface area (Å²) in [6, 6.07) is 0. The number of aliphatic hydroxyl groups excluding tert-OH is 2. The van der Waals surface area contributed by atoms with Crippen molar-refractivity contribution < 1.29 is 14.4 Å². The lowest BCUT2D eigenvalue weighted by atomic mass is 10.4. The van der Waals surface area contributed by atoms with E-state index >= 15 is 0 Å². The largest absolute Gasteiger partial charge is 0.394 e. The summed E-state index contributed by atoms with van der Waals surface area (Å²) < 4.78 is 5.03. The number of hydrogen-bond acceptors (Lipinski definition) is 5. The van der Waals surface area contributed by atoms with Crippen molar-refractivity contribution in [2.24, 2.45) is 0 Å². The molecule has 12 heavy (non-hydrogen) atoms. The summed E-state index contributed by atoms with van der Waals surface area (Å²) in [6.07, 6.45) is -0.740. The standard InChI is InChI=1S/C7H16O3S2/c1-2-11-3-4-12-10-6-7(9)5-8/h7-9H,2-6H2,1H3. The van der Waals surface area contributed by atoms with Crippen molar-refractivity contribution in [3.8, 4) is 0 Å². The van der Waals surface area contributed by atoms with Crippen LogP contribution in [0.1, 0.15) is 6.92 Å². The summed E-state index contributed by atoms with van der Waals surface area (Å²) in [7, 11) is 0. The molecule has 0 aromatic carbocycles. The van der Waals surface area contributed by atoms with Gasteiger partial charge in [0.1, 0.15) is 6.10 Å². The van der Waals surface area contributed by atoms with Crippen molar-refractivity contribution in [1.82, 2.24) is 0 Å². The van der Waals surface area contributed by atoms with Gasteiger partial charge >= 0.3 is 0 Å². The SMILES string of the molecule is CCSCCSOCC(O)CO. The van der Waals surface area contributed by atoms with Crippen molar-refractivity contribution in [3.63, 3.8) is 0 Å². The third-order valence-corrected chi connectivity index (χ3v) is 2.90. The molecule has 0 saturated heterocycles. The minimum atomic E-state index is -0.740. The maximum absolute atomic E-state index is 8.87. The summed E-state index contributed by atoms with van der Waals surface area (Å²) in [4.78, 5) is 0. The highest BCUT2D eigenvalue weighted by Gasteiger charge is 2.00. The topological polar surface area (TPSA) is 49.7 Å². The molecule has 0 radical (unpaired) electrons. The van der Waals surface area contributed by atoms with Crippen molar-refractivity contribution in [2.45, 2.75) is 13.0 Å².